The van der Waals surface area contributed by atoms with Crippen molar-refractivity contribution in [2.45, 2.75) is 40.3 Å². The Morgan fingerprint density at radius 3 is 2.55 bits per heavy atom. The molecule has 8 nitrogen and oxygen atoms in total. The molecule has 0 saturated carbocycles. The highest BCUT2D eigenvalue weighted by molar-refractivity contribution is 7.92. The van der Waals surface area contributed by atoms with E-state index >= 15 is 0 Å². The van der Waals surface area contributed by atoms with Crippen molar-refractivity contribution in [3.8, 4) is 11.1 Å². The van der Waals surface area contributed by atoms with E-state index in [2.05, 4.69) is 33.4 Å². The molecule has 0 spiro atoms. The van der Waals surface area contributed by atoms with Gasteiger partial charge in [0.15, 0.2) is 0 Å². The van der Waals surface area contributed by atoms with Crippen LogP contribution in [0.15, 0.2) is 42.7 Å². The number of rotatable bonds is 7. The number of pyridine rings is 1. The summed E-state index contributed by atoms with van der Waals surface area (Å²) in [6.45, 7) is 8.58. The number of amides is 1. The van der Waals surface area contributed by atoms with Crippen LogP contribution in [0.5, 0.6) is 0 Å². The van der Waals surface area contributed by atoms with Crippen molar-refractivity contribution in [2.75, 3.05) is 16.3 Å². The number of benzene rings is 1. The summed E-state index contributed by atoms with van der Waals surface area (Å²) in [6, 6.07) is 9.04. The second-order valence-electron chi connectivity index (χ2n) is 8.22. The van der Waals surface area contributed by atoms with Gasteiger partial charge in [-0.15, -0.1) is 0 Å². The third-order valence-electron chi connectivity index (χ3n) is 4.34. The number of sulfonamides is 1. The van der Waals surface area contributed by atoms with Crippen LogP contribution in [-0.2, 0) is 21.3 Å². The van der Waals surface area contributed by atoms with Crippen LogP contribution in [0.1, 0.15) is 27.7 Å². The predicted octanol–water partition coefficient (Wildman–Crippen LogP) is 4.69. The van der Waals surface area contributed by atoms with Gasteiger partial charge in [-0.25, -0.2) is 18.2 Å². The molecule has 1 aromatic carbocycles. The summed E-state index contributed by atoms with van der Waals surface area (Å²) in [5.74, 6) is 0.405. The van der Waals surface area contributed by atoms with Crippen molar-refractivity contribution in [2.24, 2.45) is 5.92 Å². The zero-order chi connectivity index (χ0) is 22.8. The smallest absolute Gasteiger partial charge is 0.411 e. The molecule has 0 radical (unpaired) electrons. The summed E-state index contributed by atoms with van der Waals surface area (Å²) in [5.41, 5.74) is 3.51. The monoisotopic (exact) mass is 444 g/mol. The third kappa shape index (κ3) is 5.97. The highest BCUT2D eigenvalue weighted by Gasteiger charge is 2.15. The lowest BCUT2D eigenvalue weighted by Crippen LogP contribution is -2.18. The summed E-state index contributed by atoms with van der Waals surface area (Å²) in [4.78, 5) is 16.6. The van der Waals surface area contributed by atoms with Crippen LogP contribution in [0.4, 0.5) is 16.2 Å². The number of hydrogen-bond acceptors (Lipinski definition) is 5. The maximum atomic E-state index is 12.0. The maximum Gasteiger partial charge on any atom is 0.411 e. The lowest BCUT2D eigenvalue weighted by molar-refractivity contribution is 0.130. The van der Waals surface area contributed by atoms with Gasteiger partial charge in [-0.05, 0) is 43.5 Å². The number of aromatic nitrogens is 2. The van der Waals surface area contributed by atoms with E-state index in [9.17, 15) is 13.2 Å². The second-order valence-corrected chi connectivity index (χ2v) is 9.97. The molecule has 3 rings (SSSR count). The molecule has 0 aliphatic heterocycles. The molecule has 2 N–H and O–H groups in total. The fourth-order valence-electron chi connectivity index (χ4n) is 3.33. The molecule has 31 heavy (non-hydrogen) atoms. The van der Waals surface area contributed by atoms with E-state index in [1.54, 1.807) is 38.2 Å². The van der Waals surface area contributed by atoms with Gasteiger partial charge in [0.25, 0.3) is 0 Å². The lowest BCUT2D eigenvalue weighted by Gasteiger charge is -2.10. The second kappa shape index (κ2) is 8.97. The van der Waals surface area contributed by atoms with Crippen LogP contribution in [0.3, 0.4) is 0 Å². The third-order valence-corrected chi connectivity index (χ3v) is 4.95. The summed E-state index contributed by atoms with van der Waals surface area (Å²) < 4.78 is 33.0. The van der Waals surface area contributed by atoms with Gasteiger partial charge in [-0.1, -0.05) is 26.0 Å². The Morgan fingerprint density at radius 1 is 1.16 bits per heavy atom. The van der Waals surface area contributed by atoms with Gasteiger partial charge in [-0.2, -0.15) is 0 Å². The van der Waals surface area contributed by atoms with Crippen LogP contribution in [-0.4, -0.2) is 36.4 Å². The molecule has 0 atom stereocenters. The molecule has 2 heterocycles. The Morgan fingerprint density at radius 2 is 1.90 bits per heavy atom. The van der Waals surface area contributed by atoms with Gasteiger partial charge >= 0.3 is 6.09 Å². The summed E-state index contributed by atoms with van der Waals surface area (Å²) in [5, 5.41) is 3.56. The molecule has 2 aromatic heterocycles. The zero-order valence-electron chi connectivity index (χ0n) is 18.3. The molecule has 0 saturated heterocycles. The van der Waals surface area contributed by atoms with Crippen molar-refractivity contribution in [3.63, 3.8) is 0 Å². The normalized spacial score (nSPS) is 11.8. The zero-order valence-corrected chi connectivity index (χ0v) is 19.2. The van der Waals surface area contributed by atoms with E-state index < -0.39 is 16.1 Å². The molecule has 0 aliphatic carbocycles. The van der Waals surface area contributed by atoms with E-state index in [0.717, 1.165) is 35.0 Å². The van der Waals surface area contributed by atoms with Gasteiger partial charge in [0, 0.05) is 29.4 Å². The first kappa shape index (κ1) is 22.6. The highest BCUT2D eigenvalue weighted by atomic mass is 32.2. The Hall–Kier alpha value is -3.07. The van der Waals surface area contributed by atoms with E-state index in [-0.39, 0.29) is 6.10 Å². The number of fused-ring (bicyclic) bond motifs is 1. The Balaban J connectivity index is 2.08. The highest BCUT2D eigenvalue weighted by Crippen LogP contribution is 2.33. The minimum absolute atomic E-state index is 0.232. The molecular formula is C22H28N4O4S. The molecule has 0 bridgehead atoms. The number of carbonyl (C=O) groups is 1. The average molecular weight is 445 g/mol. The van der Waals surface area contributed by atoms with E-state index in [0.29, 0.717) is 17.3 Å². The van der Waals surface area contributed by atoms with Crippen molar-refractivity contribution in [1.29, 1.82) is 0 Å². The fourth-order valence-corrected chi connectivity index (χ4v) is 3.88. The number of nitrogens with one attached hydrogen (secondary N) is 2. The first-order valence-corrected chi connectivity index (χ1v) is 12.0. The number of anilines is 2. The molecule has 0 aliphatic rings. The Bertz CT molecular complexity index is 1200. The van der Waals surface area contributed by atoms with Gasteiger partial charge in [0.2, 0.25) is 10.0 Å². The van der Waals surface area contributed by atoms with E-state index in [4.69, 9.17) is 4.74 Å². The SMILES string of the molecule is CC(C)Cn1cc(-c2cccc(NS(C)(=O)=O)c2)c2cc(NC(=O)OC(C)C)cnc21. The van der Waals surface area contributed by atoms with Crippen molar-refractivity contribution >= 4 is 38.5 Å². The van der Waals surface area contributed by atoms with Crippen LogP contribution in [0.25, 0.3) is 22.2 Å². The molecule has 3 aromatic rings. The fraction of sp³-hybridized carbons (Fsp3) is 0.364. The maximum absolute atomic E-state index is 12.0. The van der Waals surface area contributed by atoms with Gasteiger partial charge in [0.1, 0.15) is 5.65 Å². The van der Waals surface area contributed by atoms with Crippen LogP contribution < -0.4 is 10.0 Å². The Labute approximate surface area is 182 Å². The first-order chi connectivity index (χ1) is 14.5. The van der Waals surface area contributed by atoms with E-state index in [1.165, 1.54) is 0 Å². The van der Waals surface area contributed by atoms with Gasteiger partial charge < -0.3 is 9.30 Å². The molecule has 166 valence electrons. The quantitative estimate of drug-likeness (QED) is 0.550. The van der Waals surface area contributed by atoms with Crippen molar-refractivity contribution < 1.29 is 17.9 Å². The number of carbonyl (C=O) groups excluding carboxylic acids is 1. The predicted molar refractivity (Wildman–Crippen MR) is 124 cm³/mol. The molecule has 9 heteroatoms. The molecular weight excluding hydrogens is 416 g/mol. The van der Waals surface area contributed by atoms with Gasteiger partial charge in [0.05, 0.1) is 24.2 Å². The average Bonchev–Trinajstić information content (AvgIpc) is 2.97. The topological polar surface area (TPSA) is 102 Å². The number of nitrogens with zero attached hydrogens (tertiary/aromatic N) is 2. The van der Waals surface area contributed by atoms with Crippen LogP contribution in [0.2, 0.25) is 0 Å². The molecule has 1 amide bonds. The minimum Gasteiger partial charge on any atom is -0.447 e. The van der Waals surface area contributed by atoms with Crippen LogP contribution >= 0.6 is 0 Å². The van der Waals surface area contributed by atoms with Crippen molar-refractivity contribution in [1.82, 2.24) is 9.55 Å². The van der Waals surface area contributed by atoms with Gasteiger partial charge in [-0.3, -0.25) is 10.0 Å². The summed E-state index contributed by atoms with van der Waals surface area (Å²) in [6.07, 6.45) is 3.95. The number of hydrogen-bond donors (Lipinski definition) is 2. The molecule has 0 unspecified atom stereocenters. The largest absolute Gasteiger partial charge is 0.447 e. The minimum atomic E-state index is -3.39. The summed E-state index contributed by atoms with van der Waals surface area (Å²) in [7, 11) is -3.39. The van der Waals surface area contributed by atoms with Crippen LogP contribution in [0, 0.1) is 5.92 Å². The number of ether oxygens (including phenoxy) is 1. The summed E-state index contributed by atoms with van der Waals surface area (Å²) >= 11 is 0. The lowest BCUT2D eigenvalue weighted by atomic mass is 10.1. The first-order valence-electron chi connectivity index (χ1n) is 10.1. The van der Waals surface area contributed by atoms with E-state index in [1.807, 2.05) is 18.3 Å². The van der Waals surface area contributed by atoms with Crippen molar-refractivity contribution in [3.05, 3.63) is 42.7 Å². The molecule has 0 fully saturated rings. The Kier molecular flexibility index (Phi) is 6.54. The standard InChI is InChI=1S/C22H28N4O4S/c1-14(2)12-26-13-20(16-7-6-8-17(9-16)25-31(5,28)29)19-10-18(11-23-21(19)26)24-22(27)30-15(3)4/h6-11,13-15,25H,12H2,1-5H3,(H,24,27).